The number of benzene rings is 16. The highest BCUT2D eigenvalue weighted by molar-refractivity contribution is 7.91. The molecule has 3 aliphatic carbocycles. The van der Waals surface area contributed by atoms with E-state index in [1.807, 2.05) is 72.8 Å². The molecule has 0 bridgehead atoms. The van der Waals surface area contributed by atoms with E-state index in [0.717, 1.165) is 79.9 Å². The van der Waals surface area contributed by atoms with Gasteiger partial charge in [-0.1, -0.05) is 233 Å². The van der Waals surface area contributed by atoms with E-state index in [-0.39, 0.29) is 57.4 Å². The fraction of sp³-hybridized carbons (Fsp3) is 0.0495. The molecule has 16 aromatic carbocycles. The van der Waals surface area contributed by atoms with Crippen LogP contribution in [0.4, 0.5) is 8.78 Å². The van der Waals surface area contributed by atoms with Gasteiger partial charge in [0.15, 0.2) is 0 Å². The van der Waals surface area contributed by atoms with Crippen molar-refractivity contribution >= 4 is 19.7 Å². The van der Waals surface area contributed by atoms with Crippen LogP contribution in [0.3, 0.4) is 0 Å². The van der Waals surface area contributed by atoms with Gasteiger partial charge in [0, 0.05) is 0 Å². The predicted octanol–water partition coefficient (Wildman–Crippen LogP) is 23.8. The molecule has 0 aromatic heterocycles. The normalized spacial score (nSPS) is 13.1. The molecule has 3 aliphatic rings. The number of phenolic OH excluding ortho intramolecular Hbond substituents is 4. The fourth-order valence-electron chi connectivity index (χ4n) is 16.6. The van der Waals surface area contributed by atoms with Crippen molar-refractivity contribution in [3.05, 3.63) is 467 Å². The minimum Gasteiger partial charge on any atom is -0.508 e. The lowest BCUT2D eigenvalue weighted by Crippen LogP contribution is -2.28. The van der Waals surface area contributed by atoms with Gasteiger partial charge in [0.1, 0.15) is 57.6 Å². The molecule has 0 atom stereocenters. The van der Waals surface area contributed by atoms with Crippen molar-refractivity contribution in [3.63, 3.8) is 0 Å². The summed E-state index contributed by atoms with van der Waals surface area (Å²) in [6.07, 6.45) is 0. The van der Waals surface area contributed by atoms with Crippen LogP contribution in [0.5, 0.6) is 46.0 Å². The number of rotatable bonds is 14. The minimum absolute atomic E-state index is 0. The lowest BCUT2D eigenvalue weighted by molar-refractivity contribution is 0.474. The Bertz CT molecular complexity index is 5990. The van der Waals surface area contributed by atoms with Gasteiger partial charge in [0.2, 0.25) is 19.7 Å². The summed E-state index contributed by atoms with van der Waals surface area (Å²) in [5, 5.41) is 40.2. The Kier molecular flexibility index (Phi) is 20.6. The summed E-state index contributed by atoms with van der Waals surface area (Å²) in [5.74, 6) is 2.09. The zero-order valence-corrected chi connectivity index (χ0v) is 61.9. The van der Waals surface area contributed by atoms with Gasteiger partial charge < -0.3 is 29.9 Å². The molecule has 0 aliphatic heterocycles. The van der Waals surface area contributed by atoms with Crippen LogP contribution in [0.2, 0.25) is 0 Å². The molecule has 4 N–H and O–H groups in total. The first kappa shape index (κ1) is 76.4. The second-order valence-corrected chi connectivity index (χ2v) is 31.7. The van der Waals surface area contributed by atoms with Gasteiger partial charge >= 0.3 is 0 Å². The Morgan fingerprint density at radius 1 is 0.209 bits per heavy atom. The third-order valence-electron chi connectivity index (χ3n) is 21.6. The van der Waals surface area contributed by atoms with Crippen LogP contribution in [0.15, 0.2) is 408 Å². The SMILES string of the molecule is C.C.O=S(=O)(c1ccc(F)cc1)c1ccc(F)cc1.O=S(=O)(c1ccc(Oc2ccc(C3(c4ccc(O)cc4)c4ccccc4-c4ccccc43)cc2)cc1)c1ccc(Oc2ccc(C3(c4ccc(O)cc4)c4ccccc4-c4ccccc43)cc2)cc1.Oc1ccc(C2(c3ccc(O)cc3)c3ccccc3-c3ccccc32)cc1. The number of sulfone groups is 2. The molecule has 566 valence electrons. The van der Waals surface area contributed by atoms with E-state index in [4.69, 9.17) is 9.47 Å². The van der Waals surface area contributed by atoms with Gasteiger partial charge in [-0.3, -0.25) is 0 Å². The molecule has 0 spiro atoms. The highest BCUT2D eigenvalue weighted by Gasteiger charge is 2.49. The van der Waals surface area contributed by atoms with Crippen molar-refractivity contribution in [2.45, 2.75) is 50.7 Å². The standard InChI is InChI=1S/C62H42O6S.C25H18O2.C12H8F2O2S.2CH4/c63-45-25-17-41(18-26-45)61(57-13-5-1-9-53(57)54-10-2-6-14-58(54)61)43-21-29-47(30-22-43)67-49-33-37-51(38-34-49)69(65,66)52-39-35-50(36-40-52)68-48-31-23-44(24-32-48)62(42-19-27-46(64)28-20-42)59-15-7-3-11-55(59)56-12-4-8-16-60(56)62;26-19-13-9-17(10-14-19)25(18-11-15-20(27)16-12-18)23-7-3-1-5-21(23)22-6-2-4-8-24(22)25;13-9-1-5-11(6-2-9)17(15,16)12-7-3-10(14)4-8-12;;/h1-40,63-64H;1-16,26-27H;1-8H;2*1H4. The average molecular weight is 1550 g/mol. The van der Waals surface area contributed by atoms with Crippen molar-refractivity contribution in [2.24, 2.45) is 0 Å². The fourth-order valence-corrected chi connectivity index (χ4v) is 19.1. The maximum Gasteiger partial charge on any atom is 0.206 e. The number of fused-ring (bicyclic) bond motifs is 9. The molecule has 115 heavy (non-hydrogen) atoms. The molecule has 0 heterocycles. The first-order valence-electron chi connectivity index (χ1n) is 36.5. The Labute approximate surface area is 667 Å². The lowest BCUT2D eigenvalue weighted by atomic mass is 9.68. The third kappa shape index (κ3) is 13.4. The molecular formula is C101H76F2O10S2. The van der Waals surface area contributed by atoms with Gasteiger partial charge in [-0.15, -0.1) is 0 Å². The van der Waals surface area contributed by atoms with Crippen LogP contribution in [0, 0.1) is 11.6 Å². The number of halogens is 2. The van der Waals surface area contributed by atoms with Crippen LogP contribution in [0.1, 0.15) is 81.6 Å². The van der Waals surface area contributed by atoms with E-state index in [0.29, 0.717) is 23.0 Å². The molecule has 10 nitrogen and oxygen atoms in total. The molecular weight excluding hydrogens is 1480 g/mol. The van der Waals surface area contributed by atoms with E-state index in [1.54, 1.807) is 97.1 Å². The number of phenols is 4. The van der Waals surface area contributed by atoms with Crippen molar-refractivity contribution in [2.75, 3.05) is 0 Å². The van der Waals surface area contributed by atoms with Gasteiger partial charge in [-0.2, -0.15) is 0 Å². The average Bonchev–Trinajstić information content (AvgIpc) is 1.56. The van der Waals surface area contributed by atoms with E-state index in [9.17, 15) is 46.0 Å². The van der Waals surface area contributed by atoms with Crippen LogP contribution >= 0.6 is 0 Å². The van der Waals surface area contributed by atoms with Crippen molar-refractivity contribution in [1.29, 1.82) is 0 Å². The van der Waals surface area contributed by atoms with E-state index < -0.39 is 47.6 Å². The van der Waals surface area contributed by atoms with Crippen LogP contribution < -0.4 is 9.47 Å². The maximum atomic E-state index is 13.9. The van der Waals surface area contributed by atoms with Gasteiger partial charge in [0.25, 0.3) is 0 Å². The van der Waals surface area contributed by atoms with Crippen molar-refractivity contribution < 1.29 is 55.5 Å². The Hall–Kier alpha value is -13.9. The minimum atomic E-state index is -3.86. The maximum absolute atomic E-state index is 13.9. The monoisotopic (exact) mass is 1550 g/mol. The Balaban J connectivity index is 0.000000183. The number of aromatic hydroxyl groups is 4. The lowest BCUT2D eigenvalue weighted by Gasteiger charge is -2.34. The van der Waals surface area contributed by atoms with Gasteiger partial charge in [0.05, 0.1) is 35.8 Å². The number of hydrogen-bond acceptors (Lipinski definition) is 10. The summed E-state index contributed by atoms with van der Waals surface area (Å²) in [6.45, 7) is 0. The summed E-state index contributed by atoms with van der Waals surface area (Å²) in [7, 11) is -7.57. The van der Waals surface area contributed by atoms with Gasteiger partial charge in [-0.05, 0) is 270 Å². The molecule has 0 unspecified atom stereocenters. The highest BCUT2D eigenvalue weighted by Crippen LogP contribution is 2.60. The summed E-state index contributed by atoms with van der Waals surface area (Å²) in [4.78, 5) is 0.235. The summed E-state index contributed by atoms with van der Waals surface area (Å²) in [6, 6.07) is 119. The van der Waals surface area contributed by atoms with Crippen molar-refractivity contribution in [3.8, 4) is 79.4 Å². The smallest absolute Gasteiger partial charge is 0.206 e. The predicted molar refractivity (Wildman–Crippen MR) is 448 cm³/mol. The third-order valence-corrected chi connectivity index (χ3v) is 25.2. The Morgan fingerprint density at radius 2 is 0.365 bits per heavy atom. The molecule has 14 heteroatoms. The molecule has 0 fully saturated rings. The topological polar surface area (TPSA) is 168 Å². The highest BCUT2D eigenvalue weighted by atomic mass is 32.2. The molecule has 0 saturated heterocycles. The first-order chi connectivity index (χ1) is 54.9. The van der Waals surface area contributed by atoms with E-state index in [1.165, 1.54) is 68.8 Å². The number of ether oxygens (including phenoxy) is 2. The zero-order valence-electron chi connectivity index (χ0n) is 60.3. The summed E-state index contributed by atoms with van der Waals surface area (Å²) in [5.41, 5.74) is 18.8. The second-order valence-electron chi connectivity index (χ2n) is 27.8. The molecule has 0 amide bonds. The molecule has 0 radical (unpaired) electrons. The quantitative estimate of drug-likeness (QED) is 0.0769. The molecule has 0 saturated carbocycles. The van der Waals surface area contributed by atoms with Crippen LogP contribution in [0.25, 0.3) is 33.4 Å². The van der Waals surface area contributed by atoms with E-state index >= 15 is 0 Å². The van der Waals surface area contributed by atoms with Gasteiger partial charge in [-0.25, -0.2) is 25.6 Å². The Morgan fingerprint density at radius 3 is 0.557 bits per heavy atom. The summed E-state index contributed by atoms with van der Waals surface area (Å²) >= 11 is 0. The van der Waals surface area contributed by atoms with Crippen LogP contribution in [-0.4, -0.2) is 37.3 Å². The van der Waals surface area contributed by atoms with Crippen LogP contribution in [-0.2, 0) is 35.9 Å². The zero-order chi connectivity index (χ0) is 77.6. The first-order valence-corrected chi connectivity index (χ1v) is 39.5. The number of hydrogen-bond donors (Lipinski definition) is 4. The second kappa shape index (κ2) is 31.0. The molecule has 16 aromatic rings. The molecule has 19 rings (SSSR count). The van der Waals surface area contributed by atoms with E-state index in [2.05, 4.69) is 170 Å². The summed E-state index contributed by atoms with van der Waals surface area (Å²) < 4.78 is 89.7. The largest absolute Gasteiger partial charge is 0.508 e. The van der Waals surface area contributed by atoms with Crippen molar-refractivity contribution in [1.82, 2.24) is 0 Å².